The first-order valence-electron chi connectivity index (χ1n) is 4.23. The van der Waals surface area contributed by atoms with Crippen LogP contribution in [0.1, 0.15) is 33.6 Å². The Kier molecular flexibility index (Phi) is 7.64. The zero-order chi connectivity index (χ0) is 12.0. The van der Waals surface area contributed by atoms with Gasteiger partial charge in [-0.1, -0.05) is 13.3 Å². The van der Waals surface area contributed by atoms with Crippen molar-refractivity contribution in [2.45, 2.75) is 45.3 Å². The van der Waals surface area contributed by atoms with Crippen LogP contribution in [0.15, 0.2) is 0 Å². The fourth-order valence-corrected chi connectivity index (χ4v) is 0.645. The van der Waals surface area contributed by atoms with Gasteiger partial charge in [-0.3, -0.25) is 0 Å². The Morgan fingerprint density at radius 2 is 1.64 bits per heavy atom. The Morgan fingerprint density at radius 1 is 1.36 bits per heavy atom. The van der Waals surface area contributed by atoms with Gasteiger partial charge in [0.2, 0.25) is 0 Å². The van der Waals surface area contributed by atoms with Crippen LogP contribution in [-0.4, -0.2) is 31.4 Å². The van der Waals surface area contributed by atoms with E-state index in [0.29, 0.717) is 0 Å². The van der Waals surface area contributed by atoms with Gasteiger partial charge in [-0.25, -0.2) is 4.57 Å². The van der Waals surface area contributed by atoms with Crippen molar-refractivity contribution in [1.29, 1.82) is 0 Å². The van der Waals surface area contributed by atoms with Crippen LogP contribution in [0.5, 0.6) is 0 Å². The lowest BCUT2D eigenvalue weighted by Gasteiger charge is -2.25. The van der Waals surface area contributed by atoms with Crippen molar-refractivity contribution < 1.29 is 24.4 Å². The van der Waals surface area contributed by atoms with Crippen LogP contribution in [0.2, 0.25) is 0 Å². The molecule has 0 aromatic carbocycles. The standard InChI is InChI=1S/C7H17NO.H3O4P/c1-4-5-6(9)7(2,3)8;1-5(2,3)4/h6,9H,4-5,8H2,1-3H3;(H3,1,2,3,4). The van der Waals surface area contributed by atoms with E-state index in [4.69, 9.17) is 25.0 Å². The predicted octanol–water partition coefficient (Wildman–Crippen LogP) is -0.0439. The highest BCUT2D eigenvalue weighted by Gasteiger charge is 2.20. The van der Waals surface area contributed by atoms with Crippen molar-refractivity contribution in [2.75, 3.05) is 0 Å². The van der Waals surface area contributed by atoms with Crippen LogP contribution in [0.25, 0.3) is 0 Å². The number of rotatable bonds is 3. The molecule has 0 saturated carbocycles. The molecule has 0 spiro atoms. The first kappa shape index (κ1) is 16.5. The third-order valence-electron chi connectivity index (χ3n) is 1.42. The minimum absolute atomic E-state index is 0.359. The topological polar surface area (TPSA) is 124 Å². The highest BCUT2D eigenvalue weighted by Crippen LogP contribution is 2.25. The number of phosphoric acid groups is 1. The summed E-state index contributed by atoms with van der Waals surface area (Å²) in [7, 11) is -4.64. The Hall–Kier alpha value is 0.0300. The van der Waals surface area contributed by atoms with Crippen molar-refractivity contribution in [3.05, 3.63) is 0 Å². The summed E-state index contributed by atoms with van der Waals surface area (Å²) in [4.78, 5) is 21.6. The average molecular weight is 229 g/mol. The summed E-state index contributed by atoms with van der Waals surface area (Å²) in [6.07, 6.45) is 1.42. The minimum Gasteiger partial charge on any atom is -0.391 e. The van der Waals surface area contributed by atoms with Gasteiger partial charge >= 0.3 is 7.82 Å². The molecule has 0 bridgehead atoms. The summed E-state index contributed by atoms with van der Waals surface area (Å²) in [6.45, 7) is 5.72. The van der Waals surface area contributed by atoms with Crippen molar-refractivity contribution in [3.8, 4) is 0 Å². The molecule has 0 aliphatic heterocycles. The van der Waals surface area contributed by atoms with Gasteiger partial charge in [-0.05, 0) is 20.3 Å². The Balaban J connectivity index is 0. The van der Waals surface area contributed by atoms with Gasteiger partial charge < -0.3 is 25.5 Å². The maximum absolute atomic E-state index is 9.26. The predicted molar refractivity (Wildman–Crippen MR) is 53.4 cm³/mol. The summed E-state index contributed by atoms with van der Waals surface area (Å²) in [6, 6.07) is 0. The molecular weight excluding hydrogens is 209 g/mol. The highest BCUT2D eigenvalue weighted by molar-refractivity contribution is 7.45. The molecule has 1 atom stereocenters. The van der Waals surface area contributed by atoms with E-state index in [1.165, 1.54) is 0 Å². The molecule has 1 unspecified atom stereocenters. The monoisotopic (exact) mass is 229 g/mol. The summed E-state index contributed by atoms with van der Waals surface area (Å²) in [5.41, 5.74) is 5.18. The second-order valence-electron chi connectivity index (χ2n) is 3.64. The zero-order valence-corrected chi connectivity index (χ0v) is 9.61. The second kappa shape index (κ2) is 6.50. The largest absolute Gasteiger partial charge is 0.466 e. The van der Waals surface area contributed by atoms with E-state index >= 15 is 0 Å². The van der Waals surface area contributed by atoms with E-state index in [0.717, 1.165) is 12.8 Å². The van der Waals surface area contributed by atoms with E-state index in [-0.39, 0.29) is 6.10 Å². The van der Waals surface area contributed by atoms with Crippen LogP contribution in [0.3, 0.4) is 0 Å². The van der Waals surface area contributed by atoms with Gasteiger partial charge in [0.25, 0.3) is 0 Å². The summed E-state index contributed by atoms with van der Waals surface area (Å²) in [5, 5.41) is 9.26. The molecule has 0 fully saturated rings. The minimum atomic E-state index is -4.64. The molecular formula is C7H20NO5P. The lowest BCUT2D eigenvalue weighted by molar-refractivity contribution is 0.0946. The van der Waals surface area contributed by atoms with E-state index < -0.39 is 13.4 Å². The lowest BCUT2D eigenvalue weighted by Crippen LogP contribution is -2.44. The van der Waals surface area contributed by atoms with Crippen LogP contribution in [0, 0.1) is 0 Å². The van der Waals surface area contributed by atoms with Crippen molar-refractivity contribution in [2.24, 2.45) is 5.73 Å². The fraction of sp³-hybridized carbons (Fsp3) is 1.00. The maximum atomic E-state index is 9.26. The van der Waals surface area contributed by atoms with Crippen LogP contribution in [0.4, 0.5) is 0 Å². The Morgan fingerprint density at radius 3 is 1.71 bits per heavy atom. The molecule has 0 aliphatic carbocycles. The SMILES string of the molecule is CCCC(O)C(C)(C)N.O=P(O)(O)O. The Bertz CT molecular complexity index is 177. The second-order valence-corrected chi connectivity index (χ2v) is 4.67. The summed E-state index contributed by atoms with van der Waals surface area (Å²) < 4.78 is 8.88. The molecule has 7 heteroatoms. The van der Waals surface area contributed by atoms with Crippen molar-refractivity contribution in [1.82, 2.24) is 0 Å². The number of aliphatic hydroxyl groups is 1. The number of aliphatic hydroxyl groups excluding tert-OH is 1. The molecule has 6 nitrogen and oxygen atoms in total. The highest BCUT2D eigenvalue weighted by atomic mass is 31.2. The van der Waals surface area contributed by atoms with E-state index in [2.05, 4.69) is 0 Å². The van der Waals surface area contributed by atoms with Crippen LogP contribution < -0.4 is 5.73 Å². The van der Waals surface area contributed by atoms with Gasteiger partial charge in [0.05, 0.1) is 6.10 Å². The third-order valence-corrected chi connectivity index (χ3v) is 1.42. The molecule has 0 radical (unpaired) electrons. The number of nitrogens with two attached hydrogens (primary N) is 1. The van der Waals surface area contributed by atoms with E-state index in [9.17, 15) is 5.11 Å². The normalized spacial score (nSPS) is 14.3. The molecule has 0 amide bonds. The summed E-state index contributed by atoms with van der Waals surface area (Å²) >= 11 is 0. The van der Waals surface area contributed by atoms with Gasteiger partial charge in [0.15, 0.2) is 0 Å². The smallest absolute Gasteiger partial charge is 0.391 e. The quantitative estimate of drug-likeness (QED) is 0.432. The maximum Gasteiger partial charge on any atom is 0.466 e. The molecule has 88 valence electrons. The van der Waals surface area contributed by atoms with Gasteiger partial charge in [0.1, 0.15) is 0 Å². The molecule has 0 aromatic heterocycles. The average Bonchev–Trinajstić information content (AvgIpc) is 1.81. The number of hydrogen-bond acceptors (Lipinski definition) is 3. The zero-order valence-electron chi connectivity index (χ0n) is 8.71. The first-order chi connectivity index (χ1) is 5.98. The Labute approximate surface area is 84.0 Å². The molecule has 0 aliphatic rings. The molecule has 0 aromatic rings. The lowest BCUT2D eigenvalue weighted by atomic mass is 9.95. The molecule has 6 N–H and O–H groups in total. The molecule has 14 heavy (non-hydrogen) atoms. The van der Waals surface area contributed by atoms with Crippen LogP contribution in [-0.2, 0) is 4.57 Å². The summed E-state index contributed by atoms with van der Waals surface area (Å²) in [5.74, 6) is 0. The third kappa shape index (κ3) is 17.9. The van der Waals surface area contributed by atoms with E-state index in [1.807, 2.05) is 20.8 Å². The number of hydrogen-bond donors (Lipinski definition) is 5. The van der Waals surface area contributed by atoms with Gasteiger partial charge in [0, 0.05) is 5.54 Å². The molecule has 0 rings (SSSR count). The first-order valence-corrected chi connectivity index (χ1v) is 5.80. The molecule has 0 saturated heterocycles. The molecule has 0 heterocycles. The van der Waals surface area contributed by atoms with Crippen molar-refractivity contribution in [3.63, 3.8) is 0 Å². The van der Waals surface area contributed by atoms with Gasteiger partial charge in [-0.2, -0.15) is 0 Å². The van der Waals surface area contributed by atoms with Crippen LogP contribution >= 0.6 is 7.82 Å². The van der Waals surface area contributed by atoms with Gasteiger partial charge in [-0.15, -0.1) is 0 Å². The van der Waals surface area contributed by atoms with Crippen molar-refractivity contribution >= 4 is 7.82 Å². The van der Waals surface area contributed by atoms with E-state index in [1.54, 1.807) is 0 Å². The fourth-order valence-electron chi connectivity index (χ4n) is 0.645.